The van der Waals surface area contributed by atoms with Gasteiger partial charge >= 0.3 is 0 Å². The minimum atomic E-state index is -0.558. The third-order valence-electron chi connectivity index (χ3n) is 2.67. The van der Waals surface area contributed by atoms with Gasteiger partial charge in [-0.15, -0.1) is 0 Å². The standard InChI is InChI=1S/C13H9FN4O/c14-11-4-2-1-3-10(11)13(19)17-9-5-8-6-16-18-12(8)15-7-9/h1-7H,(H,17,19)(H,15,16,18). The number of halogens is 1. The van der Waals surface area contributed by atoms with Crippen LogP contribution in [0.1, 0.15) is 10.4 Å². The first-order valence-electron chi connectivity index (χ1n) is 5.59. The van der Waals surface area contributed by atoms with Gasteiger partial charge in [0.25, 0.3) is 5.91 Å². The monoisotopic (exact) mass is 256 g/mol. The Morgan fingerprint density at radius 1 is 1.26 bits per heavy atom. The van der Waals surface area contributed by atoms with E-state index >= 15 is 0 Å². The number of rotatable bonds is 2. The zero-order valence-electron chi connectivity index (χ0n) is 9.72. The summed E-state index contributed by atoms with van der Waals surface area (Å²) in [5.74, 6) is -1.07. The van der Waals surface area contributed by atoms with Crippen LogP contribution in [0.25, 0.3) is 11.0 Å². The van der Waals surface area contributed by atoms with Crippen LogP contribution in [-0.2, 0) is 0 Å². The Hall–Kier alpha value is -2.76. The van der Waals surface area contributed by atoms with Crippen molar-refractivity contribution >= 4 is 22.6 Å². The van der Waals surface area contributed by atoms with E-state index in [9.17, 15) is 9.18 Å². The maximum absolute atomic E-state index is 13.5. The Morgan fingerprint density at radius 3 is 2.95 bits per heavy atom. The zero-order valence-corrected chi connectivity index (χ0v) is 9.72. The molecule has 0 aliphatic rings. The average Bonchev–Trinajstić information content (AvgIpc) is 2.86. The van der Waals surface area contributed by atoms with Gasteiger partial charge in [0, 0.05) is 5.39 Å². The summed E-state index contributed by atoms with van der Waals surface area (Å²) in [5.41, 5.74) is 1.11. The summed E-state index contributed by atoms with van der Waals surface area (Å²) in [7, 11) is 0. The number of hydrogen-bond donors (Lipinski definition) is 2. The third-order valence-corrected chi connectivity index (χ3v) is 2.67. The van der Waals surface area contributed by atoms with E-state index in [1.165, 1.54) is 24.4 Å². The lowest BCUT2D eigenvalue weighted by atomic mass is 10.2. The first-order valence-corrected chi connectivity index (χ1v) is 5.59. The first-order chi connectivity index (χ1) is 9.24. The molecule has 5 nitrogen and oxygen atoms in total. The van der Waals surface area contributed by atoms with Crippen LogP contribution in [-0.4, -0.2) is 21.1 Å². The molecule has 0 spiro atoms. The number of hydrogen-bond acceptors (Lipinski definition) is 3. The van der Waals surface area contributed by atoms with Crippen LogP contribution in [0.3, 0.4) is 0 Å². The molecule has 19 heavy (non-hydrogen) atoms. The van der Waals surface area contributed by atoms with E-state index in [4.69, 9.17) is 0 Å². The number of pyridine rings is 1. The molecule has 2 heterocycles. The molecular weight excluding hydrogens is 247 g/mol. The van der Waals surface area contributed by atoms with Gasteiger partial charge in [-0.05, 0) is 18.2 Å². The van der Waals surface area contributed by atoms with Crippen LogP contribution >= 0.6 is 0 Å². The molecular formula is C13H9FN4O. The van der Waals surface area contributed by atoms with Crippen molar-refractivity contribution in [2.24, 2.45) is 0 Å². The molecule has 2 N–H and O–H groups in total. The molecule has 3 aromatic rings. The lowest BCUT2D eigenvalue weighted by Gasteiger charge is -2.05. The number of benzene rings is 1. The van der Waals surface area contributed by atoms with E-state index in [0.29, 0.717) is 11.3 Å². The maximum Gasteiger partial charge on any atom is 0.258 e. The topological polar surface area (TPSA) is 70.7 Å². The van der Waals surface area contributed by atoms with E-state index < -0.39 is 11.7 Å². The molecule has 3 rings (SSSR count). The third kappa shape index (κ3) is 2.15. The van der Waals surface area contributed by atoms with Gasteiger partial charge in [0.05, 0.1) is 23.6 Å². The van der Waals surface area contributed by atoms with Gasteiger partial charge < -0.3 is 5.32 Å². The van der Waals surface area contributed by atoms with Gasteiger partial charge in [0.2, 0.25) is 0 Å². The van der Waals surface area contributed by atoms with Gasteiger partial charge in [-0.2, -0.15) is 5.10 Å². The van der Waals surface area contributed by atoms with E-state index in [1.807, 2.05) is 0 Å². The summed E-state index contributed by atoms with van der Waals surface area (Å²) in [6.07, 6.45) is 3.08. The summed E-state index contributed by atoms with van der Waals surface area (Å²) in [4.78, 5) is 16.0. The predicted molar refractivity (Wildman–Crippen MR) is 68.2 cm³/mol. The van der Waals surface area contributed by atoms with Crippen LogP contribution in [0.15, 0.2) is 42.7 Å². The van der Waals surface area contributed by atoms with Crippen LogP contribution in [0, 0.1) is 5.82 Å². The average molecular weight is 256 g/mol. The highest BCUT2D eigenvalue weighted by Gasteiger charge is 2.11. The van der Waals surface area contributed by atoms with Crippen LogP contribution in [0.4, 0.5) is 10.1 Å². The first kappa shape index (κ1) is 11.3. The molecule has 6 heteroatoms. The normalized spacial score (nSPS) is 10.6. The van der Waals surface area contributed by atoms with Crippen LogP contribution in [0.2, 0.25) is 0 Å². The number of fused-ring (bicyclic) bond motifs is 1. The summed E-state index contributed by atoms with van der Waals surface area (Å²) in [5, 5.41) is 9.91. The van der Waals surface area contributed by atoms with Gasteiger partial charge in [-0.3, -0.25) is 9.89 Å². The van der Waals surface area contributed by atoms with Crippen molar-refractivity contribution in [2.75, 3.05) is 5.32 Å². The Kier molecular flexibility index (Phi) is 2.68. The molecule has 0 bridgehead atoms. The lowest BCUT2D eigenvalue weighted by Crippen LogP contribution is -2.13. The van der Waals surface area contributed by atoms with Crippen molar-refractivity contribution < 1.29 is 9.18 Å². The van der Waals surface area contributed by atoms with E-state index in [0.717, 1.165) is 5.39 Å². The van der Waals surface area contributed by atoms with Gasteiger partial charge in [0.1, 0.15) is 5.82 Å². The Morgan fingerprint density at radius 2 is 2.11 bits per heavy atom. The van der Waals surface area contributed by atoms with E-state index in [1.54, 1.807) is 18.3 Å². The number of nitrogens with zero attached hydrogens (tertiary/aromatic N) is 2. The number of carbonyl (C=O) groups is 1. The number of nitrogens with one attached hydrogen (secondary N) is 2. The zero-order chi connectivity index (χ0) is 13.2. The molecule has 0 unspecified atom stereocenters. The molecule has 0 fully saturated rings. The quantitative estimate of drug-likeness (QED) is 0.739. The maximum atomic E-state index is 13.5. The van der Waals surface area contributed by atoms with Crippen molar-refractivity contribution in [1.29, 1.82) is 0 Å². The van der Waals surface area contributed by atoms with Crippen molar-refractivity contribution in [3.05, 3.63) is 54.1 Å². The number of amides is 1. The SMILES string of the molecule is O=C(Nc1cnc2[nH]ncc2c1)c1ccccc1F. The fourth-order valence-electron chi connectivity index (χ4n) is 1.75. The Bertz CT molecular complexity index is 753. The van der Waals surface area contributed by atoms with Crippen molar-refractivity contribution in [2.45, 2.75) is 0 Å². The molecule has 0 radical (unpaired) electrons. The molecule has 0 saturated heterocycles. The smallest absolute Gasteiger partial charge is 0.258 e. The van der Waals surface area contributed by atoms with Crippen molar-refractivity contribution in [1.82, 2.24) is 15.2 Å². The predicted octanol–water partition coefficient (Wildman–Crippen LogP) is 2.35. The molecule has 0 aliphatic carbocycles. The minimum Gasteiger partial charge on any atom is -0.320 e. The van der Waals surface area contributed by atoms with Gasteiger partial charge in [0.15, 0.2) is 5.65 Å². The minimum absolute atomic E-state index is 0.00482. The van der Waals surface area contributed by atoms with Gasteiger partial charge in [-0.25, -0.2) is 9.37 Å². The van der Waals surface area contributed by atoms with Crippen LogP contribution < -0.4 is 5.32 Å². The number of aromatic amines is 1. The molecule has 2 aromatic heterocycles. The highest BCUT2D eigenvalue weighted by atomic mass is 19.1. The van der Waals surface area contributed by atoms with Crippen molar-refractivity contribution in [3.63, 3.8) is 0 Å². The molecule has 1 amide bonds. The van der Waals surface area contributed by atoms with Gasteiger partial charge in [-0.1, -0.05) is 12.1 Å². The number of aromatic nitrogens is 3. The molecule has 0 aliphatic heterocycles. The second kappa shape index (κ2) is 4.49. The van der Waals surface area contributed by atoms with E-state index in [-0.39, 0.29) is 5.56 Å². The fourth-order valence-corrected chi connectivity index (χ4v) is 1.75. The Balaban J connectivity index is 1.88. The summed E-state index contributed by atoms with van der Waals surface area (Å²) in [6, 6.07) is 7.52. The highest BCUT2D eigenvalue weighted by Crippen LogP contribution is 2.15. The molecule has 1 aromatic carbocycles. The van der Waals surface area contributed by atoms with E-state index in [2.05, 4.69) is 20.5 Å². The number of H-pyrrole nitrogens is 1. The highest BCUT2D eigenvalue weighted by molar-refractivity contribution is 6.04. The number of carbonyl (C=O) groups excluding carboxylic acids is 1. The molecule has 0 saturated carbocycles. The second-order valence-corrected chi connectivity index (χ2v) is 3.97. The summed E-state index contributed by atoms with van der Waals surface area (Å²) >= 11 is 0. The lowest BCUT2D eigenvalue weighted by molar-refractivity contribution is 0.102. The van der Waals surface area contributed by atoms with Crippen LogP contribution in [0.5, 0.6) is 0 Å². The summed E-state index contributed by atoms with van der Waals surface area (Å²) < 4.78 is 13.5. The number of anilines is 1. The Labute approximate surface area is 107 Å². The largest absolute Gasteiger partial charge is 0.320 e. The molecule has 94 valence electrons. The van der Waals surface area contributed by atoms with Crippen molar-refractivity contribution in [3.8, 4) is 0 Å². The fraction of sp³-hybridized carbons (Fsp3) is 0. The molecule has 0 atom stereocenters. The second-order valence-electron chi connectivity index (χ2n) is 3.97. The summed E-state index contributed by atoms with van der Waals surface area (Å²) in [6.45, 7) is 0.